The Labute approximate surface area is 120 Å². The quantitative estimate of drug-likeness (QED) is 0.889. The number of carbonyl (C=O) groups excluding carboxylic acids is 1. The Morgan fingerprint density at radius 1 is 1.50 bits per heavy atom. The highest BCUT2D eigenvalue weighted by Gasteiger charge is 2.06. The van der Waals surface area contributed by atoms with Crippen LogP contribution in [0, 0.1) is 5.82 Å². The molecule has 0 aliphatic rings. The zero-order valence-corrected chi connectivity index (χ0v) is 11.9. The molecule has 0 radical (unpaired) electrons. The van der Waals surface area contributed by atoms with Crippen LogP contribution in [0.25, 0.3) is 10.6 Å². The minimum Gasteiger partial charge on any atom is -0.375 e. The standard InChI is InChI=1S/C14H15FN2O2S/c1-19-8-13(18)16-6-5-12-9-20-14(17-12)10-3-2-4-11(15)7-10/h2-4,7,9H,5-6,8H2,1H3,(H,16,18). The van der Waals surface area contributed by atoms with E-state index in [0.717, 1.165) is 16.3 Å². The number of halogens is 1. The van der Waals surface area contributed by atoms with Crippen molar-refractivity contribution in [3.05, 3.63) is 41.2 Å². The average Bonchev–Trinajstić information content (AvgIpc) is 2.88. The Morgan fingerprint density at radius 2 is 2.35 bits per heavy atom. The van der Waals surface area contributed by atoms with Gasteiger partial charge in [-0.25, -0.2) is 9.37 Å². The van der Waals surface area contributed by atoms with Crippen molar-refractivity contribution in [2.45, 2.75) is 6.42 Å². The van der Waals surface area contributed by atoms with E-state index in [1.807, 2.05) is 11.4 Å². The number of thiazole rings is 1. The topological polar surface area (TPSA) is 51.2 Å². The van der Waals surface area contributed by atoms with Crippen molar-refractivity contribution in [3.63, 3.8) is 0 Å². The summed E-state index contributed by atoms with van der Waals surface area (Å²) in [6, 6.07) is 6.36. The summed E-state index contributed by atoms with van der Waals surface area (Å²) in [4.78, 5) is 15.6. The molecule has 0 atom stereocenters. The van der Waals surface area contributed by atoms with Crippen LogP contribution >= 0.6 is 11.3 Å². The fourth-order valence-electron chi connectivity index (χ4n) is 1.69. The summed E-state index contributed by atoms with van der Waals surface area (Å²) in [6.45, 7) is 0.570. The van der Waals surface area contributed by atoms with E-state index in [2.05, 4.69) is 10.3 Å². The smallest absolute Gasteiger partial charge is 0.245 e. The number of benzene rings is 1. The number of carbonyl (C=O) groups is 1. The molecular formula is C14H15FN2O2S. The lowest BCUT2D eigenvalue weighted by atomic mass is 10.2. The van der Waals surface area contributed by atoms with Crippen molar-refractivity contribution in [2.75, 3.05) is 20.3 Å². The largest absolute Gasteiger partial charge is 0.375 e. The van der Waals surface area contributed by atoms with Gasteiger partial charge < -0.3 is 10.1 Å². The molecule has 2 aromatic rings. The zero-order valence-electron chi connectivity index (χ0n) is 11.1. The third-order valence-corrected chi connectivity index (χ3v) is 3.54. The van der Waals surface area contributed by atoms with Gasteiger partial charge in [0.05, 0.1) is 5.69 Å². The second-order valence-corrected chi connectivity index (χ2v) is 5.05. The van der Waals surface area contributed by atoms with Gasteiger partial charge in [-0.3, -0.25) is 4.79 Å². The summed E-state index contributed by atoms with van der Waals surface area (Å²) in [5.41, 5.74) is 1.65. The Morgan fingerprint density at radius 3 is 3.10 bits per heavy atom. The highest BCUT2D eigenvalue weighted by molar-refractivity contribution is 7.13. The summed E-state index contributed by atoms with van der Waals surface area (Å²) in [5, 5.41) is 5.43. The first kappa shape index (κ1) is 14.6. The van der Waals surface area contributed by atoms with Gasteiger partial charge in [-0.1, -0.05) is 12.1 Å². The summed E-state index contributed by atoms with van der Waals surface area (Å²) < 4.78 is 17.9. The molecule has 4 nitrogen and oxygen atoms in total. The van der Waals surface area contributed by atoms with Crippen LogP contribution in [-0.4, -0.2) is 31.2 Å². The number of ether oxygens (including phenoxy) is 1. The molecule has 6 heteroatoms. The molecule has 0 unspecified atom stereocenters. The van der Waals surface area contributed by atoms with Crippen LogP contribution < -0.4 is 5.32 Å². The first-order chi connectivity index (χ1) is 9.69. The molecule has 1 heterocycles. The van der Waals surface area contributed by atoms with Gasteiger partial charge in [0.25, 0.3) is 0 Å². The van der Waals surface area contributed by atoms with Crippen LogP contribution in [-0.2, 0) is 16.0 Å². The van der Waals surface area contributed by atoms with Gasteiger partial charge in [0.15, 0.2) is 0 Å². The average molecular weight is 294 g/mol. The Balaban J connectivity index is 1.91. The third-order valence-electron chi connectivity index (χ3n) is 2.60. The lowest BCUT2D eigenvalue weighted by Gasteiger charge is -2.02. The number of nitrogens with zero attached hydrogens (tertiary/aromatic N) is 1. The van der Waals surface area contributed by atoms with Gasteiger partial charge in [0.2, 0.25) is 5.91 Å². The normalized spacial score (nSPS) is 10.5. The van der Waals surface area contributed by atoms with Gasteiger partial charge in [-0.05, 0) is 12.1 Å². The summed E-state index contributed by atoms with van der Waals surface area (Å²) in [6.07, 6.45) is 0.640. The number of nitrogens with one attached hydrogen (secondary N) is 1. The molecular weight excluding hydrogens is 279 g/mol. The van der Waals surface area contributed by atoms with Crippen LogP contribution in [0.5, 0.6) is 0 Å². The van der Waals surface area contributed by atoms with Crippen molar-refractivity contribution in [3.8, 4) is 10.6 Å². The van der Waals surface area contributed by atoms with Crippen molar-refractivity contribution in [2.24, 2.45) is 0 Å². The summed E-state index contributed by atoms with van der Waals surface area (Å²) >= 11 is 1.47. The van der Waals surface area contributed by atoms with E-state index in [1.165, 1.54) is 30.6 Å². The van der Waals surface area contributed by atoms with Crippen LogP contribution in [0.4, 0.5) is 4.39 Å². The number of methoxy groups -OCH3 is 1. The van der Waals surface area contributed by atoms with E-state index in [4.69, 9.17) is 4.74 Å². The first-order valence-electron chi connectivity index (χ1n) is 6.15. The summed E-state index contributed by atoms with van der Waals surface area (Å²) in [7, 11) is 1.48. The van der Waals surface area contributed by atoms with Gasteiger partial charge in [0, 0.05) is 31.0 Å². The maximum atomic E-state index is 13.1. The highest BCUT2D eigenvalue weighted by Crippen LogP contribution is 2.24. The molecule has 0 saturated carbocycles. The maximum absolute atomic E-state index is 13.1. The zero-order chi connectivity index (χ0) is 14.4. The Hall–Kier alpha value is -1.79. The molecule has 0 spiro atoms. The second kappa shape index (κ2) is 7.12. The second-order valence-electron chi connectivity index (χ2n) is 4.19. The molecule has 0 aliphatic heterocycles. The molecule has 0 saturated heterocycles. The lowest BCUT2D eigenvalue weighted by Crippen LogP contribution is -2.29. The predicted molar refractivity (Wildman–Crippen MR) is 76.1 cm³/mol. The van der Waals surface area contributed by atoms with Gasteiger partial charge in [0.1, 0.15) is 17.4 Å². The molecule has 1 aromatic carbocycles. The van der Waals surface area contributed by atoms with Crippen LogP contribution in [0.15, 0.2) is 29.6 Å². The monoisotopic (exact) mass is 294 g/mol. The van der Waals surface area contributed by atoms with Gasteiger partial charge >= 0.3 is 0 Å². The SMILES string of the molecule is COCC(=O)NCCc1csc(-c2cccc(F)c2)n1. The molecule has 1 N–H and O–H groups in total. The van der Waals surface area contributed by atoms with Crippen molar-refractivity contribution in [1.29, 1.82) is 0 Å². The molecule has 2 rings (SSSR count). The molecule has 0 fully saturated rings. The molecule has 0 bridgehead atoms. The highest BCUT2D eigenvalue weighted by atomic mass is 32.1. The van der Waals surface area contributed by atoms with E-state index in [-0.39, 0.29) is 18.3 Å². The van der Waals surface area contributed by atoms with E-state index in [1.54, 1.807) is 6.07 Å². The van der Waals surface area contributed by atoms with Crippen molar-refractivity contribution < 1.29 is 13.9 Å². The van der Waals surface area contributed by atoms with Gasteiger partial charge in [-0.15, -0.1) is 11.3 Å². The van der Waals surface area contributed by atoms with E-state index in [9.17, 15) is 9.18 Å². The van der Waals surface area contributed by atoms with E-state index >= 15 is 0 Å². The number of hydrogen-bond acceptors (Lipinski definition) is 4. The molecule has 1 amide bonds. The van der Waals surface area contributed by atoms with Gasteiger partial charge in [-0.2, -0.15) is 0 Å². The predicted octanol–water partition coefficient (Wildman–Crippen LogP) is 2.25. The number of hydrogen-bond donors (Lipinski definition) is 1. The van der Waals surface area contributed by atoms with E-state index in [0.29, 0.717) is 13.0 Å². The number of amides is 1. The first-order valence-corrected chi connectivity index (χ1v) is 7.03. The lowest BCUT2D eigenvalue weighted by molar-refractivity contribution is -0.124. The number of aromatic nitrogens is 1. The third kappa shape index (κ3) is 4.11. The minimum atomic E-state index is -0.272. The molecule has 106 valence electrons. The molecule has 1 aromatic heterocycles. The fourth-order valence-corrected chi connectivity index (χ4v) is 2.54. The molecule has 20 heavy (non-hydrogen) atoms. The Bertz CT molecular complexity index is 586. The minimum absolute atomic E-state index is 0.0611. The van der Waals surface area contributed by atoms with Crippen LogP contribution in [0.3, 0.4) is 0 Å². The van der Waals surface area contributed by atoms with Crippen LogP contribution in [0.2, 0.25) is 0 Å². The fraction of sp³-hybridized carbons (Fsp3) is 0.286. The molecule has 0 aliphatic carbocycles. The Kier molecular flexibility index (Phi) is 5.20. The van der Waals surface area contributed by atoms with Crippen molar-refractivity contribution >= 4 is 17.2 Å². The summed E-state index contributed by atoms with van der Waals surface area (Å²) in [5.74, 6) is -0.417. The van der Waals surface area contributed by atoms with Crippen LogP contribution in [0.1, 0.15) is 5.69 Å². The number of rotatable bonds is 6. The van der Waals surface area contributed by atoms with Crippen molar-refractivity contribution in [1.82, 2.24) is 10.3 Å². The maximum Gasteiger partial charge on any atom is 0.245 e. The van der Waals surface area contributed by atoms with E-state index < -0.39 is 0 Å².